The van der Waals surface area contributed by atoms with E-state index in [-0.39, 0.29) is 43.6 Å². The average molecular weight is 457 g/mol. The fourth-order valence-corrected chi connectivity index (χ4v) is 4.65. The summed E-state index contributed by atoms with van der Waals surface area (Å²) in [5.74, 6) is -0.446. The molecule has 0 bridgehead atoms. The van der Waals surface area contributed by atoms with Gasteiger partial charge >= 0.3 is 0 Å². The van der Waals surface area contributed by atoms with Crippen LogP contribution in [0.15, 0.2) is 57.9 Å². The number of nitrogens with zero attached hydrogens (tertiary/aromatic N) is 2. The normalized spacial score (nSPS) is 15.6. The highest BCUT2D eigenvalue weighted by Crippen LogP contribution is 2.24. The van der Waals surface area contributed by atoms with E-state index in [4.69, 9.17) is 4.74 Å². The number of benzene rings is 2. The summed E-state index contributed by atoms with van der Waals surface area (Å²) in [6.45, 7) is 0.537. The van der Waals surface area contributed by atoms with Crippen LogP contribution in [0.5, 0.6) is 5.75 Å². The molecule has 2 aromatic rings. The molecule has 1 heterocycles. The first-order valence-corrected chi connectivity index (χ1v) is 10.5. The van der Waals surface area contributed by atoms with Crippen molar-refractivity contribution in [1.29, 1.82) is 0 Å². The number of hydrogen-bond donors (Lipinski definition) is 0. The van der Waals surface area contributed by atoms with Crippen LogP contribution in [0, 0.1) is 5.82 Å². The van der Waals surface area contributed by atoms with E-state index >= 15 is 0 Å². The van der Waals surface area contributed by atoms with E-state index in [1.807, 2.05) is 12.1 Å². The average Bonchev–Trinajstić information content (AvgIpc) is 2.67. The Labute approximate surface area is 165 Å². The molecule has 9 heteroatoms. The number of sulfonamides is 1. The van der Waals surface area contributed by atoms with E-state index in [1.54, 1.807) is 17.0 Å². The van der Waals surface area contributed by atoms with Gasteiger partial charge in [0.05, 0.1) is 4.47 Å². The SMILES string of the molecule is O=C(COc1ccccc1Br)N1CCN(S(=O)(=O)c2ccccc2F)CC1. The lowest BCUT2D eigenvalue weighted by Crippen LogP contribution is -2.51. The zero-order valence-corrected chi connectivity index (χ0v) is 16.7. The molecule has 1 fully saturated rings. The third kappa shape index (κ3) is 4.48. The van der Waals surface area contributed by atoms with Crippen LogP contribution in [0.25, 0.3) is 0 Å². The molecule has 0 spiro atoms. The van der Waals surface area contributed by atoms with Gasteiger partial charge in [0.1, 0.15) is 16.5 Å². The Kier molecular flexibility index (Phi) is 6.13. The third-order valence-electron chi connectivity index (χ3n) is 4.23. The standard InChI is InChI=1S/C18H18BrFN2O4S/c19-14-5-1-3-7-16(14)26-13-18(23)21-9-11-22(12-10-21)27(24,25)17-8-4-2-6-15(17)20/h1-8H,9-13H2. The van der Waals surface area contributed by atoms with Gasteiger partial charge in [-0.3, -0.25) is 4.79 Å². The van der Waals surface area contributed by atoms with Crippen molar-refractivity contribution in [2.75, 3.05) is 32.8 Å². The molecule has 27 heavy (non-hydrogen) atoms. The smallest absolute Gasteiger partial charge is 0.260 e. The molecule has 1 amide bonds. The predicted molar refractivity (Wildman–Crippen MR) is 101 cm³/mol. The first-order chi connectivity index (χ1) is 12.9. The number of carbonyl (C=O) groups excluding carboxylic acids is 1. The zero-order chi connectivity index (χ0) is 19.4. The fraction of sp³-hybridized carbons (Fsp3) is 0.278. The molecule has 0 radical (unpaired) electrons. The summed E-state index contributed by atoms with van der Waals surface area (Å²) >= 11 is 3.35. The number of halogens is 2. The zero-order valence-electron chi connectivity index (χ0n) is 14.3. The number of rotatable bonds is 5. The topological polar surface area (TPSA) is 66.9 Å². The van der Waals surface area contributed by atoms with Crippen molar-refractivity contribution in [2.45, 2.75) is 4.90 Å². The maximum Gasteiger partial charge on any atom is 0.260 e. The Hall–Kier alpha value is -1.97. The molecule has 2 aromatic carbocycles. The van der Waals surface area contributed by atoms with Gasteiger partial charge in [-0.05, 0) is 40.2 Å². The highest BCUT2D eigenvalue weighted by atomic mass is 79.9. The molecule has 6 nitrogen and oxygen atoms in total. The maximum absolute atomic E-state index is 13.8. The van der Waals surface area contributed by atoms with Crippen molar-refractivity contribution in [1.82, 2.24) is 9.21 Å². The second-order valence-electron chi connectivity index (χ2n) is 5.93. The summed E-state index contributed by atoms with van der Waals surface area (Å²) in [7, 11) is -3.92. The minimum absolute atomic E-state index is 0.109. The van der Waals surface area contributed by atoms with E-state index in [0.29, 0.717) is 5.75 Å². The lowest BCUT2D eigenvalue weighted by Gasteiger charge is -2.34. The lowest BCUT2D eigenvalue weighted by atomic mass is 10.3. The summed E-state index contributed by atoms with van der Waals surface area (Å²) in [6.07, 6.45) is 0. The van der Waals surface area contributed by atoms with Crippen LogP contribution in [0.3, 0.4) is 0 Å². The van der Waals surface area contributed by atoms with E-state index in [2.05, 4.69) is 15.9 Å². The largest absolute Gasteiger partial charge is 0.483 e. The van der Waals surface area contributed by atoms with E-state index < -0.39 is 15.8 Å². The van der Waals surface area contributed by atoms with Crippen molar-refractivity contribution in [3.05, 3.63) is 58.8 Å². The van der Waals surface area contributed by atoms with Gasteiger partial charge in [0.15, 0.2) is 6.61 Å². The Balaban J connectivity index is 1.58. The van der Waals surface area contributed by atoms with Gasteiger partial charge in [-0.1, -0.05) is 24.3 Å². The summed E-state index contributed by atoms with van der Waals surface area (Å²) in [5.41, 5.74) is 0. The molecule has 1 aliphatic heterocycles. The second-order valence-corrected chi connectivity index (χ2v) is 8.70. The molecule has 0 N–H and O–H groups in total. The van der Waals surface area contributed by atoms with Gasteiger partial charge in [0, 0.05) is 26.2 Å². The van der Waals surface area contributed by atoms with Crippen LogP contribution in [-0.4, -0.2) is 56.3 Å². The van der Waals surface area contributed by atoms with E-state index in [1.165, 1.54) is 22.5 Å². The van der Waals surface area contributed by atoms with Gasteiger partial charge in [0.2, 0.25) is 10.0 Å². The molecule has 1 aliphatic rings. The minimum Gasteiger partial charge on any atom is -0.483 e. The summed E-state index contributed by atoms with van der Waals surface area (Å²) < 4.78 is 46.5. The van der Waals surface area contributed by atoms with Gasteiger partial charge < -0.3 is 9.64 Å². The molecule has 0 aromatic heterocycles. The highest BCUT2D eigenvalue weighted by molar-refractivity contribution is 9.10. The molecule has 0 saturated carbocycles. The second kappa shape index (κ2) is 8.37. The summed E-state index contributed by atoms with van der Waals surface area (Å²) in [5, 5.41) is 0. The molecule has 144 valence electrons. The summed E-state index contributed by atoms with van der Waals surface area (Å²) in [6, 6.07) is 12.5. The van der Waals surface area contributed by atoms with Crippen LogP contribution in [0.4, 0.5) is 4.39 Å². The fourth-order valence-electron chi connectivity index (χ4n) is 2.76. The van der Waals surface area contributed by atoms with Gasteiger partial charge in [-0.25, -0.2) is 12.8 Å². The van der Waals surface area contributed by atoms with Crippen molar-refractivity contribution in [2.24, 2.45) is 0 Å². The summed E-state index contributed by atoms with van der Waals surface area (Å²) in [4.78, 5) is 13.5. The molecule has 0 atom stereocenters. The van der Waals surface area contributed by atoms with Crippen LogP contribution in [0.2, 0.25) is 0 Å². The lowest BCUT2D eigenvalue weighted by molar-refractivity contribution is -0.134. The van der Waals surface area contributed by atoms with Gasteiger partial charge in [-0.2, -0.15) is 4.31 Å². The predicted octanol–water partition coefficient (Wildman–Crippen LogP) is 2.50. The number of hydrogen-bond acceptors (Lipinski definition) is 4. The minimum atomic E-state index is -3.92. The van der Waals surface area contributed by atoms with E-state index in [9.17, 15) is 17.6 Å². The number of amides is 1. The highest BCUT2D eigenvalue weighted by Gasteiger charge is 2.31. The molecule has 0 aliphatic carbocycles. The quantitative estimate of drug-likeness (QED) is 0.692. The molecule has 0 unspecified atom stereocenters. The van der Waals surface area contributed by atoms with Crippen LogP contribution in [-0.2, 0) is 14.8 Å². The molecular formula is C18H18BrFN2O4S. The number of piperazine rings is 1. The molecule has 1 saturated heterocycles. The van der Waals surface area contributed by atoms with Crippen LogP contribution in [0.1, 0.15) is 0 Å². The number of carbonyl (C=O) groups is 1. The Morgan fingerprint density at radius 3 is 2.33 bits per heavy atom. The Morgan fingerprint density at radius 1 is 1.04 bits per heavy atom. The number of ether oxygens (including phenoxy) is 1. The Morgan fingerprint density at radius 2 is 1.67 bits per heavy atom. The van der Waals surface area contributed by atoms with Crippen molar-refractivity contribution < 1.29 is 22.3 Å². The van der Waals surface area contributed by atoms with E-state index in [0.717, 1.165) is 10.5 Å². The van der Waals surface area contributed by atoms with Gasteiger partial charge in [0.25, 0.3) is 5.91 Å². The molecule has 3 rings (SSSR count). The van der Waals surface area contributed by atoms with Crippen molar-refractivity contribution >= 4 is 31.9 Å². The Bertz CT molecular complexity index is 930. The number of para-hydroxylation sites is 1. The first kappa shape index (κ1) is 19.8. The third-order valence-corrected chi connectivity index (χ3v) is 6.82. The van der Waals surface area contributed by atoms with Gasteiger partial charge in [-0.15, -0.1) is 0 Å². The van der Waals surface area contributed by atoms with Crippen LogP contribution >= 0.6 is 15.9 Å². The van der Waals surface area contributed by atoms with Crippen molar-refractivity contribution in [3.63, 3.8) is 0 Å². The maximum atomic E-state index is 13.8. The molecular weight excluding hydrogens is 439 g/mol. The van der Waals surface area contributed by atoms with Crippen LogP contribution < -0.4 is 4.74 Å². The van der Waals surface area contributed by atoms with Crippen molar-refractivity contribution in [3.8, 4) is 5.75 Å². The monoisotopic (exact) mass is 456 g/mol. The first-order valence-electron chi connectivity index (χ1n) is 8.29.